The summed E-state index contributed by atoms with van der Waals surface area (Å²) in [5.41, 5.74) is 1.45. The number of hydrogen-bond acceptors (Lipinski definition) is 1. The highest BCUT2D eigenvalue weighted by Gasteiger charge is 2.23. The highest BCUT2D eigenvalue weighted by molar-refractivity contribution is 7.80. The fourth-order valence-corrected chi connectivity index (χ4v) is 3.10. The molecule has 98 valence electrons. The van der Waals surface area contributed by atoms with Crippen LogP contribution in [0, 0.1) is 11.8 Å². The number of nitrogens with zero attached hydrogens (tertiary/aromatic N) is 1. The number of hydrogen-bond donors (Lipinski definition) is 0. The molecule has 2 heteroatoms. The van der Waals surface area contributed by atoms with Gasteiger partial charge in [-0.2, -0.15) is 0 Å². The monoisotopic (exact) mass is 261 g/mol. The van der Waals surface area contributed by atoms with Gasteiger partial charge in [0, 0.05) is 19.5 Å². The maximum atomic E-state index is 5.56. The van der Waals surface area contributed by atoms with Crippen LogP contribution in [0.4, 0.5) is 0 Å². The minimum atomic E-state index is 0.702. The summed E-state index contributed by atoms with van der Waals surface area (Å²) in [5, 5.41) is 0. The number of thiocarbonyl (C=S) groups is 1. The summed E-state index contributed by atoms with van der Waals surface area (Å²) in [6, 6.07) is 10.8. The van der Waals surface area contributed by atoms with Crippen LogP contribution < -0.4 is 0 Å². The summed E-state index contributed by atoms with van der Waals surface area (Å²) in [4.78, 5) is 3.58. The number of benzene rings is 1. The third kappa shape index (κ3) is 3.81. The lowest BCUT2D eigenvalue weighted by molar-refractivity contribution is 0.293. The van der Waals surface area contributed by atoms with Crippen LogP contribution in [0.15, 0.2) is 30.3 Å². The molecule has 1 aliphatic heterocycles. The molecule has 0 aliphatic carbocycles. The molecule has 1 nitrogen and oxygen atoms in total. The second kappa shape index (κ2) is 6.33. The van der Waals surface area contributed by atoms with Gasteiger partial charge in [0.2, 0.25) is 0 Å². The lowest BCUT2D eigenvalue weighted by atomic mass is 9.90. The van der Waals surface area contributed by atoms with Crippen LogP contribution in [0.25, 0.3) is 0 Å². The zero-order chi connectivity index (χ0) is 13.0. The largest absolute Gasteiger partial charge is 0.366 e. The van der Waals surface area contributed by atoms with Crippen molar-refractivity contribution in [1.29, 1.82) is 0 Å². The summed E-state index contributed by atoms with van der Waals surface area (Å²) >= 11 is 5.56. The Morgan fingerprint density at radius 2 is 2.00 bits per heavy atom. The van der Waals surface area contributed by atoms with Crippen molar-refractivity contribution in [3.05, 3.63) is 35.9 Å². The van der Waals surface area contributed by atoms with E-state index < -0.39 is 0 Å². The van der Waals surface area contributed by atoms with Gasteiger partial charge >= 0.3 is 0 Å². The first kappa shape index (κ1) is 13.5. The molecule has 18 heavy (non-hydrogen) atoms. The van der Waals surface area contributed by atoms with E-state index in [1.165, 1.54) is 23.4 Å². The molecule has 1 fully saturated rings. The SMILES string of the molecule is CC(C)CN1CCC(Cc2ccccc2)CC1=S. The fourth-order valence-electron chi connectivity index (χ4n) is 2.70. The number of rotatable bonds is 4. The van der Waals surface area contributed by atoms with Crippen molar-refractivity contribution >= 4 is 17.2 Å². The first-order chi connectivity index (χ1) is 8.65. The first-order valence-electron chi connectivity index (χ1n) is 6.97. The number of likely N-dealkylation sites (tertiary alicyclic amines) is 1. The summed E-state index contributed by atoms with van der Waals surface area (Å²) in [6.07, 6.45) is 3.55. The van der Waals surface area contributed by atoms with E-state index in [1.54, 1.807) is 0 Å². The molecule has 1 aromatic carbocycles. The standard InChI is InChI=1S/C16H23NS/c1-13(2)12-17-9-8-15(11-16(17)18)10-14-6-4-3-5-7-14/h3-7,13,15H,8-12H2,1-2H3. The van der Waals surface area contributed by atoms with E-state index >= 15 is 0 Å². The topological polar surface area (TPSA) is 3.24 Å². The van der Waals surface area contributed by atoms with Crippen LogP contribution in [-0.2, 0) is 6.42 Å². The van der Waals surface area contributed by atoms with Gasteiger partial charge in [-0.3, -0.25) is 0 Å². The zero-order valence-electron chi connectivity index (χ0n) is 11.4. The Morgan fingerprint density at radius 3 is 2.61 bits per heavy atom. The van der Waals surface area contributed by atoms with Crippen LogP contribution in [-0.4, -0.2) is 23.0 Å². The van der Waals surface area contributed by atoms with Crippen LogP contribution in [0.1, 0.15) is 32.3 Å². The van der Waals surface area contributed by atoms with Crippen molar-refractivity contribution in [1.82, 2.24) is 4.90 Å². The molecule has 0 bridgehead atoms. The Labute approximate surface area is 116 Å². The summed E-state index contributed by atoms with van der Waals surface area (Å²) in [6.45, 7) is 6.79. The Kier molecular flexibility index (Phi) is 4.76. The Hall–Kier alpha value is -0.890. The van der Waals surface area contributed by atoms with Gasteiger partial charge in [0.05, 0.1) is 4.99 Å². The summed E-state index contributed by atoms with van der Waals surface area (Å²) < 4.78 is 0. The third-order valence-corrected chi connectivity index (χ3v) is 4.00. The highest BCUT2D eigenvalue weighted by Crippen LogP contribution is 2.24. The van der Waals surface area contributed by atoms with Crippen LogP contribution >= 0.6 is 12.2 Å². The van der Waals surface area contributed by atoms with E-state index in [2.05, 4.69) is 49.1 Å². The third-order valence-electron chi connectivity index (χ3n) is 3.58. The van der Waals surface area contributed by atoms with Gasteiger partial charge in [-0.25, -0.2) is 0 Å². The Balaban J connectivity index is 1.87. The van der Waals surface area contributed by atoms with Crippen LogP contribution in [0.2, 0.25) is 0 Å². The maximum absolute atomic E-state index is 5.56. The van der Waals surface area contributed by atoms with Crippen molar-refractivity contribution in [2.75, 3.05) is 13.1 Å². The van der Waals surface area contributed by atoms with E-state index in [9.17, 15) is 0 Å². The van der Waals surface area contributed by atoms with E-state index in [0.29, 0.717) is 5.92 Å². The van der Waals surface area contributed by atoms with E-state index in [4.69, 9.17) is 12.2 Å². The molecule has 1 unspecified atom stereocenters. The first-order valence-corrected chi connectivity index (χ1v) is 7.37. The average Bonchev–Trinajstić information content (AvgIpc) is 2.33. The predicted molar refractivity (Wildman–Crippen MR) is 81.9 cm³/mol. The normalized spacial score (nSPS) is 20.5. The molecule has 1 atom stereocenters. The van der Waals surface area contributed by atoms with Gasteiger partial charge in [0.1, 0.15) is 0 Å². The van der Waals surface area contributed by atoms with Crippen molar-refractivity contribution in [2.45, 2.75) is 33.1 Å². The second-order valence-electron chi connectivity index (χ2n) is 5.78. The molecule has 0 amide bonds. The molecule has 0 saturated carbocycles. The molecule has 0 N–H and O–H groups in total. The fraction of sp³-hybridized carbons (Fsp3) is 0.562. The molecule has 1 heterocycles. The maximum Gasteiger partial charge on any atom is 0.0782 e. The van der Waals surface area contributed by atoms with Gasteiger partial charge in [0.25, 0.3) is 0 Å². The van der Waals surface area contributed by atoms with Gasteiger partial charge in [0.15, 0.2) is 0 Å². The number of piperidine rings is 1. The molecular weight excluding hydrogens is 238 g/mol. The smallest absolute Gasteiger partial charge is 0.0782 e. The van der Waals surface area contributed by atoms with Crippen molar-refractivity contribution in [3.8, 4) is 0 Å². The van der Waals surface area contributed by atoms with Gasteiger partial charge < -0.3 is 4.90 Å². The summed E-state index contributed by atoms with van der Waals surface area (Å²) in [7, 11) is 0. The van der Waals surface area contributed by atoms with E-state index in [0.717, 1.165) is 25.4 Å². The molecule has 0 spiro atoms. The van der Waals surface area contributed by atoms with Crippen LogP contribution in [0.3, 0.4) is 0 Å². The van der Waals surface area contributed by atoms with Gasteiger partial charge in [-0.05, 0) is 30.2 Å². The van der Waals surface area contributed by atoms with Gasteiger partial charge in [-0.1, -0.05) is 56.4 Å². The Bertz CT molecular complexity index is 385. The van der Waals surface area contributed by atoms with Crippen molar-refractivity contribution in [2.24, 2.45) is 11.8 Å². The quantitative estimate of drug-likeness (QED) is 0.756. The van der Waals surface area contributed by atoms with E-state index in [-0.39, 0.29) is 0 Å². The highest BCUT2D eigenvalue weighted by atomic mass is 32.1. The molecule has 1 saturated heterocycles. The Morgan fingerprint density at radius 1 is 1.28 bits per heavy atom. The zero-order valence-corrected chi connectivity index (χ0v) is 12.2. The summed E-state index contributed by atoms with van der Waals surface area (Å²) in [5.74, 6) is 1.44. The minimum absolute atomic E-state index is 0.702. The van der Waals surface area contributed by atoms with Crippen molar-refractivity contribution < 1.29 is 0 Å². The molecule has 1 aromatic rings. The lowest BCUT2D eigenvalue weighted by Gasteiger charge is -2.35. The molecule has 1 aliphatic rings. The van der Waals surface area contributed by atoms with Crippen LogP contribution in [0.5, 0.6) is 0 Å². The predicted octanol–water partition coefficient (Wildman–Crippen LogP) is 3.92. The van der Waals surface area contributed by atoms with Gasteiger partial charge in [-0.15, -0.1) is 0 Å². The molecule has 0 radical (unpaired) electrons. The van der Waals surface area contributed by atoms with Crippen molar-refractivity contribution in [3.63, 3.8) is 0 Å². The second-order valence-corrected chi connectivity index (χ2v) is 6.25. The molecular formula is C16H23NS. The average molecular weight is 261 g/mol. The molecule has 2 rings (SSSR count). The molecule has 0 aromatic heterocycles. The lowest BCUT2D eigenvalue weighted by Crippen LogP contribution is -2.40. The minimum Gasteiger partial charge on any atom is -0.366 e. The van der Waals surface area contributed by atoms with E-state index in [1.807, 2.05) is 0 Å².